The van der Waals surface area contributed by atoms with Gasteiger partial charge in [0.05, 0.1) is 11.9 Å². The zero-order valence-electron chi connectivity index (χ0n) is 9.42. The maximum absolute atomic E-state index is 10.5. The average Bonchev–Trinajstić information content (AvgIpc) is 2.00. The van der Waals surface area contributed by atoms with Gasteiger partial charge in [-0.15, -0.1) is 0 Å². The Labute approximate surface area is 108 Å². The Kier molecular flexibility index (Phi) is 10.4. The van der Waals surface area contributed by atoms with Crippen molar-refractivity contribution in [1.82, 2.24) is 0 Å². The molecular weight excluding hydrogens is 174 g/mol. The molecule has 0 bridgehead atoms. The Hall–Kier alpha value is 0.135. The van der Waals surface area contributed by atoms with Crippen LogP contribution in [-0.2, 0) is 9.59 Å². The summed E-state index contributed by atoms with van der Waals surface area (Å²) >= 11 is 0. The van der Waals surface area contributed by atoms with Crippen LogP contribution in [0.3, 0.4) is 0 Å². The molecule has 0 rings (SSSR count). The molecule has 1 unspecified atom stereocenters. The van der Waals surface area contributed by atoms with Crippen LogP contribution in [0, 0.1) is 11.3 Å². The Balaban J connectivity index is -0.000000605. The van der Waals surface area contributed by atoms with Gasteiger partial charge in [0.25, 0.3) is 0 Å². The molecule has 0 N–H and O–H groups in total. The van der Waals surface area contributed by atoms with Crippen molar-refractivity contribution in [1.29, 1.82) is 0 Å². The van der Waals surface area contributed by atoms with Crippen molar-refractivity contribution in [2.45, 2.75) is 27.2 Å². The number of rotatable bonds is 4. The molecule has 14 heavy (non-hydrogen) atoms. The van der Waals surface area contributed by atoms with E-state index in [2.05, 4.69) is 0 Å². The summed E-state index contributed by atoms with van der Waals surface area (Å²) < 4.78 is 0. The van der Waals surface area contributed by atoms with Gasteiger partial charge in [-0.25, -0.2) is 0 Å². The Morgan fingerprint density at radius 3 is 1.57 bits per heavy atom. The molecule has 0 radical (unpaired) electrons. The number of hydrogen-bond donors (Lipinski definition) is 0. The van der Waals surface area contributed by atoms with Gasteiger partial charge in [0.15, 0.2) is 0 Å². The summed E-state index contributed by atoms with van der Waals surface area (Å²) in [5.41, 5.74) is -1.88. The van der Waals surface area contributed by atoms with Crippen molar-refractivity contribution < 1.29 is 57.5 Å². The maximum Gasteiger partial charge on any atom is 1.00 e. The molecule has 70 valence electrons. The zero-order chi connectivity index (χ0) is 9.94. The summed E-state index contributed by atoms with van der Waals surface area (Å²) in [7, 11) is 0. The standard InChI is InChI=1S/C8H14O4.2Li/c1-4-5(2)8(3,6(9)10)7(11)12;;/h5H,4H2,1-3H3,(H,9,10)(H,11,12);;/q;2*+1/p-2. The van der Waals surface area contributed by atoms with Crippen molar-refractivity contribution in [2.24, 2.45) is 11.3 Å². The van der Waals surface area contributed by atoms with Crippen LogP contribution in [0.15, 0.2) is 0 Å². The van der Waals surface area contributed by atoms with Crippen molar-refractivity contribution in [3.05, 3.63) is 0 Å². The average molecular weight is 186 g/mol. The SMILES string of the molecule is CCC(C)C(C)(C(=O)[O-])C(=O)[O-].[Li+].[Li+]. The molecule has 0 heterocycles. The predicted molar refractivity (Wildman–Crippen MR) is 37.6 cm³/mol. The first-order chi connectivity index (χ1) is 5.37. The van der Waals surface area contributed by atoms with Gasteiger partial charge in [-0.2, -0.15) is 0 Å². The van der Waals surface area contributed by atoms with E-state index in [9.17, 15) is 19.8 Å². The van der Waals surface area contributed by atoms with Crippen LogP contribution in [0.1, 0.15) is 27.2 Å². The van der Waals surface area contributed by atoms with E-state index in [0.29, 0.717) is 6.42 Å². The van der Waals surface area contributed by atoms with Crippen molar-refractivity contribution in [2.75, 3.05) is 0 Å². The van der Waals surface area contributed by atoms with Crippen molar-refractivity contribution in [3.63, 3.8) is 0 Å². The third kappa shape index (κ3) is 3.71. The second kappa shape index (κ2) is 7.43. The smallest absolute Gasteiger partial charge is 0.549 e. The molecule has 0 spiro atoms. The molecule has 0 aliphatic heterocycles. The fourth-order valence-electron chi connectivity index (χ4n) is 0.894. The first kappa shape index (κ1) is 19.7. The van der Waals surface area contributed by atoms with E-state index in [0.717, 1.165) is 6.92 Å². The molecule has 6 heteroatoms. The van der Waals surface area contributed by atoms with E-state index in [1.54, 1.807) is 13.8 Å². The largest absolute Gasteiger partial charge is 1.00 e. The molecule has 0 fully saturated rings. The molecule has 0 saturated heterocycles. The van der Waals surface area contributed by atoms with E-state index < -0.39 is 23.3 Å². The van der Waals surface area contributed by atoms with Crippen molar-refractivity contribution >= 4 is 11.9 Å². The van der Waals surface area contributed by atoms with Crippen LogP contribution in [0.2, 0.25) is 0 Å². The zero-order valence-corrected chi connectivity index (χ0v) is 9.42. The molecule has 0 aliphatic carbocycles. The Morgan fingerprint density at radius 2 is 1.50 bits per heavy atom. The summed E-state index contributed by atoms with van der Waals surface area (Å²) in [6.45, 7) is 4.38. The van der Waals surface area contributed by atoms with Gasteiger partial charge in [0.2, 0.25) is 0 Å². The fourth-order valence-corrected chi connectivity index (χ4v) is 0.894. The van der Waals surface area contributed by atoms with E-state index >= 15 is 0 Å². The Bertz CT molecular complexity index is 192. The van der Waals surface area contributed by atoms with Crippen LogP contribution < -0.4 is 47.9 Å². The normalized spacial score (nSPS) is 11.9. The second-order valence-corrected chi connectivity index (χ2v) is 3.09. The molecule has 0 aromatic rings. The van der Waals surface area contributed by atoms with Crippen LogP contribution in [0.5, 0.6) is 0 Å². The quantitative estimate of drug-likeness (QED) is 0.322. The van der Waals surface area contributed by atoms with Gasteiger partial charge in [-0.1, -0.05) is 20.3 Å². The molecule has 0 aromatic heterocycles. The minimum Gasteiger partial charge on any atom is -0.549 e. The van der Waals surface area contributed by atoms with E-state index in [4.69, 9.17) is 0 Å². The number of aliphatic carboxylic acids is 2. The molecular formula is C8H12Li2O4. The Morgan fingerprint density at radius 1 is 1.21 bits per heavy atom. The summed E-state index contributed by atoms with van der Waals surface area (Å²) in [6.07, 6.45) is 0.457. The van der Waals surface area contributed by atoms with Gasteiger partial charge in [0, 0.05) is 5.41 Å². The first-order valence-corrected chi connectivity index (χ1v) is 3.80. The third-order valence-corrected chi connectivity index (χ3v) is 2.45. The second-order valence-electron chi connectivity index (χ2n) is 3.09. The van der Waals surface area contributed by atoms with Crippen LogP contribution >= 0.6 is 0 Å². The van der Waals surface area contributed by atoms with Gasteiger partial charge < -0.3 is 19.8 Å². The van der Waals surface area contributed by atoms with Gasteiger partial charge >= 0.3 is 37.7 Å². The maximum atomic E-state index is 10.5. The number of hydrogen-bond acceptors (Lipinski definition) is 4. The van der Waals surface area contributed by atoms with Gasteiger partial charge in [-0.05, 0) is 12.8 Å². The van der Waals surface area contributed by atoms with E-state index in [-0.39, 0.29) is 37.7 Å². The van der Waals surface area contributed by atoms with Crippen LogP contribution in [0.4, 0.5) is 0 Å². The summed E-state index contributed by atoms with van der Waals surface area (Å²) in [6, 6.07) is 0. The minimum absolute atomic E-state index is 0. The molecule has 0 saturated carbocycles. The molecule has 1 atom stereocenters. The minimum atomic E-state index is -1.88. The van der Waals surface area contributed by atoms with E-state index in [1.165, 1.54) is 0 Å². The number of carbonyl (C=O) groups excluding carboxylic acids is 2. The monoisotopic (exact) mass is 186 g/mol. The molecule has 0 amide bonds. The summed E-state index contributed by atoms with van der Waals surface area (Å²) in [4.78, 5) is 21.1. The van der Waals surface area contributed by atoms with Crippen molar-refractivity contribution in [3.8, 4) is 0 Å². The summed E-state index contributed by atoms with van der Waals surface area (Å²) in [5.74, 6) is -3.67. The number of carbonyl (C=O) groups is 2. The van der Waals surface area contributed by atoms with Crippen LogP contribution in [-0.4, -0.2) is 11.9 Å². The fraction of sp³-hybridized carbons (Fsp3) is 0.750. The van der Waals surface area contributed by atoms with Gasteiger partial charge in [-0.3, -0.25) is 0 Å². The molecule has 0 aliphatic rings. The van der Waals surface area contributed by atoms with E-state index in [1.807, 2.05) is 0 Å². The first-order valence-electron chi connectivity index (χ1n) is 3.80. The summed E-state index contributed by atoms with van der Waals surface area (Å²) in [5, 5.41) is 21.1. The number of carboxylic acids is 2. The third-order valence-electron chi connectivity index (χ3n) is 2.45. The number of carboxylic acid groups (broad SMARTS) is 2. The molecule has 0 aromatic carbocycles. The topological polar surface area (TPSA) is 80.3 Å². The van der Waals surface area contributed by atoms with Crippen LogP contribution in [0.25, 0.3) is 0 Å². The predicted octanol–water partition coefficient (Wildman–Crippen LogP) is -7.45. The van der Waals surface area contributed by atoms with Gasteiger partial charge in [0.1, 0.15) is 0 Å². The molecule has 4 nitrogen and oxygen atoms in total.